The van der Waals surface area contributed by atoms with Gasteiger partial charge in [-0.05, 0) is 11.6 Å². The molecule has 0 bridgehead atoms. The van der Waals surface area contributed by atoms with E-state index in [2.05, 4.69) is 9.98 Å². The molecule has 0 unspecified atom stereocenters. The van der Waals surface area contributed by atoms with Gasteiger partial charge in [0.25, 0.3) is 0 Å². The Balaban J connectivity index is 2.78. The Hall–Kier alpha value is -1.95. The minimum absolute atomic E-state index is 0.220. The quantitative estimate of drug-likeness (QED) is 0.163. The summed E-state index contributed by atoms with van der Waals surface area (Å²) in [5.74, 6) is 4.68. The Kier molecular flexibility index (Phi) is 3.57. The summed E-state index contributed by atoms with van der Waals surface area (Å²) in [5.41, 5.74) is 3.41. The van der Waals surface area contributed by atoms with Crippen molar-refractivity contribution in [3.63, 3.8) is 0 Å². The van der Waals surface area contributed by atoms with Gasteiger partial charge < -0.3 is 4.98 Å². The lowest BCUT2D eigenvalue weighted by molar-refractivity contribution is -0.120. The Labute approximate surface area is 80.3 Å². The number of aromatic amines is 1. The zero-order valence-corrected chi connectivity index (χ0v) is 7.45. The van der Waals surface area contributed by atoms with Gasteiger partial charge in [0.05, 0.1) is 6.42 Å². The predicted octanol–water partition coefficient (Wildman–Crippen LogP) is -0.945. The lowest BCUT2D eigenvalue weighted by Crippen LogP contribution is -2.31. The highest BCUT2D eigenvalue weighted by Gasteiger charge is 1.99. The Morgan fingerprint density at radius 3 is 3.00 bits per heavy atom. The zero-order valence-electron chi connectivity index (χ0n) is 7.45. The number of carbonyl (C=O) groups excluding carboxylic acids is 1. The number of nitrogens with two attached hydrogens (primary N) is 1. The van der Waals surface area contributed by atoms with E-state index in [9.17, 15) is 4.79 Å². The van der Waals surface area contributed by atoms with Gasteiger partial charge in [0.1, 0.15) is 11.8 Å². The average molecular weight is 193 g/mol. The van der Waals surface area contributed by atoms with Crippen LogP contribution in [0.15, 0.2) is 23.3 Å². The molecule has 6 nitrogen and oxygen atoms in total. The van der Waals surface area contributed by atoms with Crippen molar-refractivity contribution in [2.45, 2.75) is 6.42 Å². The summed E-state index contributed by atoms with van der Waals surface area (Å²) in [6.07, 6.45) is 2.81. The number of pyridine rings is 1. The van der Waals surface area contributed by atoms with E-state index in [-0.39, 0.29) is 12.3 Å². The molecule has 1 rings (SSSR count). The molecule has 1 aromatic heterocycles. The number of rotatable bonds is 3. The van der Waals surface area contributed by atoms with Crippen LogP contribution in [-0.4, -0.2) is 17.2 Å². The van der Waals surface area contributed by atoms with Crippen molar-refractivity contribution < 1.29 is 4.79 Å². The minimum Gasteiger partial charge on any atom is -0.346 e. The van der Waals surface area contributed by atoms with Crippen molar-refractivity contribution in [3.8, 4) is 0 Å². The van der Waals surface area contributed by atoms with Crippen LogP contribution in [0, 0.1) is 5.41 Å². The number of hydrogen-bond donors (Lipinski definition) is 4. The summed E-state index contributed by atoms with van der Waals surface area (Å²) in [5, 5.41) is 6.74. The largest absolute Gasteiger partial charge is 0.346 e. The minimum atomic E-state index is -0.254. The highest BCUT2D eigenvalue weighted by atomic mass is 16.2. The van der Waals surface area contributed by atoms with E-state index in [1.807, 2.05) is 5.43 Å². The highest BCUT2D eigenvalue weighted by molar-refractivity contribution is 5.77. The summed E-state index contributed by atoms with van der Waals surface area (Å²) in [7, 11) is 0. The van der Waals surface area contributed by atoms with E-state index >= 15 is 0 Å². The van der Waals surface area contributed by atoms with Crippen LogP contribution >= 0.6 is 0 Å². The van der Waals surface area contributed by atoms with Gasteiger partial charge in [0.15, 0.2) is 0 Å². The molecule has 0 aliphatic heterocycles. The molecule has 5 N–H and O–H groups in total. The Bertz CT molecular complexity index is 374. The summed E-state index contributed by atoms with van der Waals surface area (Å²) in [6.45, 7) is 0. The van der Waals surface area contributed by atoms with E-state index in [1.165, 1.54) is 0 Å². The molecule has 1 aromatic rings. The third-order valence-corrected chi connectivity index (χ3v) is 1.59. The molecule has 0 fully saturated rings. The Morgan fingerprint density at radius 2 is 2.50 bits per heavy atom. The van der Waals surface area contributed by atoms with Crippen LogP contribution < -0.4 is 16.8 Å². The SMILES string of the molecule is N=C/N=c1/ccc(CC(=O)NN)c[nH]1. The van der Waals surface area contributed by atoms with Crippen molar-refractivity contribution in [3.05, 3.63) is 29.4 Å². The molecule has 0 aliphatic rings. The second kappa shape index (κ2) is 4.93. The van der Waals surface area contributed by atoms with Gasteiger partial charge in [-0.3, -0.25) is 15.6 Å². The molecule has 1 amide bonds. The van der Waals surface area contributed by atoms with Crippen LogP contribution in [0.25, 0.3) is 0 Å². The first-order chi connectivity index (χ1) is 6.76. The van der Waals surface area contributed by atoms with Gasteiger partial charge in [0, 0.05) is 6.20 Å². The average Bonchev–Trinajstić information content (AvgIpc) is 2.21. The van der Waals surface area contributed by atoms with Crippen LogP contribution in [-0.2, 0) is 11.2 Å². The molecule has 74 valence electrons. The molecule has 14 heavy (non-hydrogen) atoms. The summed E-state index contributed by atoms with van der Waals surface area (Å²) in [4.78, 5) is 17.4. The second-order valence-electron chi connectivity index (χ2n) is 2.58. The van der Waals surface area contributed by atoms with E-state index in [0.717, 1.165) is 11.9 Å². The maximum absolute atomic E-state index is 10.9. The van der Waals surface area contributed by atoms with E-state index in [0.29, 0.717) is 5.49 Å². The summed E-state index contributed by atoms with van der Waals surface area (Å²) >= 11 is 0. The van der Waals surface area contributed by atoms with Crippen LogP contribution in [0.1, 0.15) is 5.56 Å². The first-order valence-corrected chi connectivity index (χ1v) is 3.96. The van der Waals surface area contributed by atoms with Crippen molar-refractivity contribution in [1.82, 2.24) is 10.4 Å². The third kappa shape index (κ3) is 2.83. The first-order valence-electron chi connectivity index (χ1n) is 3.96. The normalized spacial score (nSPS) is 11.1. The van der Waals surface area contributed by atoms with Gasteiger partial charge in [-0.15, -0.1) is 0 Å². The molecule has 0 aromatic carbocycles. The molecule has 0 atom stereocenters. The number of hydrogen-bond acceptors (Lipinski definition) is 3. The molecule has 0 aliphatic carbocycles. The maximum Gasteiger partial charge on any atom is 0.238 e. The maximum atomic E-state index is 10.9. The molecule has 0 radical (unpaired) electrons. The molecule has 0 saturated heterocycles. The Morgan fingerprint density at radius 1 is 1.71 bits per heavy atom. The molecule has 0 saturated carbocycles. The van der Waals surface area contributed by atoms with E-state index in [4.69, 9.17) is 11.3 Å². The van der Waals surface area contributed by atoms with E-state index in [1.54, 1.807) is 18.3 Å². The van der Waals surface area contributed by atoms with Crippen LogP contribution in [0.3, 0.4) is 0 Å². The smallest absolute Gasteiger partial charge is 0.238 e. The lowest BCUT2D eigenvalue weighted by Gasteiger charge is -1.98. The number of hydrazine groups is 1. The summed E-state index contributed by atoms with van der Waals surface area (Å²) < 4.78 is 0. The lowest BCUT2D eigenvalue weighted by atomic mass is 10.2. The monoisotopic (exact) mass is 193 g/mol. The molecule has 6 heteroatoms. The van der Waals surface area contributed by atoms with Crippen molar-refractivity contribution in [2.24, 2.45) is 10.8 Å². The van der Waals surface area contributed by atoms with Gasteiger partial charge in [-0.25, -0.2) is 10.8 Å². The third-order valence-electron chi connectivity index (χ3n) is 1.59. The fourth-order valence-electron chi connectivity index (χ4n) is 0.945. The number of H-pyrrole nitrogens is 1. The number of nitrogens with zero attached hydrogens (tertiary/aromatic N) is 1. The zero-order chi connectivity index (χ0) is 10.4. The fraction of sp³-hybridized carbons (Fsp3) is 0.125. The van der Waals surface area contributed by atoms with Crippen LogP contribution in [0.4, 0.5) is 0 Å². The number of aromatic nitrogens is 1. The van der Waals surface area contributed by atoms with E-state index < -0.39 is 0 Å². The van der Waals surface area contributed by atoms with Gasteiger partial charge in [-0.2, -0.15) is 0 Å². The standard InChI is InChI=1S/C8H11N5O/c9-5-12-7-2-1-6(4-11-7)3-8(14)13-10/h1-2,4-5H,3,10H2,(H,13,14)(H2,9,11,12). The van der Waals surface area contributed by atoms with Gasteiger partial charge >= 0.3 is 0 Å². The van der Waals surface area contributed by atoms with Crippen LogP contribution in [0.5, 0.6) is 0 Å². The van der Waals surface area contributed by atoms with Crippen molar-refractivity contribution >= 4 is 12.2 Å². The number of amides is 1. The molecular weight excluding hydrogens is 182 g/mol. The van der Waals surface area contributed by atoms with Gasteiger partial charge in [0.2, 0.25) is 5.91 Å². The fourth-order valence-corrected chi connectivity index (χ4v) is 0.945. The van der Waals surface area contributed by atoms with Crippen LogP contribution in [0.2, 0.25) is 0 Å². The predicted molar refractivity (Wildman–Crippen MR) is 51.2 cm³/mol. The van der Waals surface area contributed by atoms with Crippen molar-refractivity contribution in [2.75, 3.05) is 0 Å². The molecular formula is C8H11N5O. The van der Waals surface area contributed by atoms with Gasteiger partial charge in [-0.1, -0.05) is 6.07 Å². The number of carbonyl (C=O) groups is 1. The first kappa shape index (κ1) is 10.1. The number of nitrogens with one attached hydrogen (secondary N) is 3. The topological polar surface area (TPSA) is 107 Å². The van der Waals surface area contributed by atoms with Crippen molar-refractivity contribution in [1.29, 1.82) is 5.41 Å². The second-order valence-corrected chi connectivity index (χ2v) is 2.58. The molecule has 1 heterocycles. The summed E-state index contributed by atoms with van der Waals surface area (Å²) in [6, 6.07) is 3.43. The molecule has 0 spiro atoms. The highest BCUT2D eigenvalue weighted by Crippen LogP contribution is 1.93.